The summed E-state index contributed by atoms with van der Waals surface area (Å²) in [6, 6.07) is -0.748. The second-order valence-corrected chi connectivity index (χ2v) is 14.9. The van der Waals surface area contributed by atoms with Gasteiger partial charge in [-0.15, -0.1) is 0 Å². The fraction of sp³-hybridized carbons (Fsp3) is 0.540. The third-order valence-corrected chi connectivity index (χ3v) is 8.69. The molecule has 8 nitrogen and oxygen atoms in total. The zero-order valence-corrected chi connectivity index (χ0v) is 36.6. The maximum atomic E-state index is 12.7. The van der Waals surface area contributed by atoms with E-state index in [9.17, 15) is 19.5 Å². The summed E-state index contributed by atoms with van der Waals surface area (Å²) >= 11 is 0. The highest BCUT2D eigenvalue weighted by Crippen LogP contribution is 2.11. The van der Waals surface area contributed by atoms with Crippen LogP contribution in [0.1, 0.15) is 123 Å². The first-order chi connectivity index (χ1) is 28.1. The molecule has 58 heavy (non-hydrogen) atoms. The van der Waals surface area contributed by atoms with E-state index >= 15 is 0 Å². The summed E-state index contributed by atoms with van der Waals surface area (Å²) in [4.78, 5) is 36.8. The molecule has 0 radical (unpaired) electrons. The average Bonchev–Trinajstić information content (AvgIpc) is 3.18. The van der Waals surface area contributed by atoms with Crippen LogP contribution in [0.5, 0.6) is 0 Å². The van der Waals surface area contributed by atoms with Crippen LogP contribution in [0.3, 0.4) is 0 Å². The van der Waals surface area contributed by atoms with Crippen LogP contribution < -0.4 is 5.11 Å². The highest BCUT2D eigenvalue weighted by molar-refractivity contribution is 5.70. The maximum absolute atomic E-state index is 12.7. The van der Waals surface area contributed by atoms with Gasteiger partial charge in [0.25, 0.3) is 0 Å². The van der Waals surface area contributed by atoms with E-state index in [1.807, 2.05) is 36.5 Å². The van der Waals surface area contributed by atoms with Crippen LogP contribution in [-0.4, -0.2) is 75.5 Å². The quantitative estimate of drug-likeness (QED) is 0.0204. The topological polar surface area (TPSA) is 102 Å². The molecule has 2 atom stereocenters. The summed E-state index contributed by atoms with van der Waals surface area (Å²) in [6.45, 7) is 4.28. The van der Waals surface area contributed by atoms with Gasteiger partial charge in [0.15, 0.2) is 6.10 Å². The van der Waals surface area contributed by atoms with E-state index in [1.54, 1.807) is 21.1 Å². The number of allylic oxidation sites excluding steroid dienone is 20. The third kappa shape index (κ3) is 37.3. The molecule has 0 spiro atoms. The molecule has 0 amide bonds. The molecule has 0 heterocycles. The van der Waals surface area contributed by atoms with Crippen LogP contribution in [-0.2, 0) is 28.6 Å². The van der Waals surface area contributed by atoms with Crippen molar-refractivity contribution in [2.45, 2.75) is 135 Å². The molecular formula is C50H77NO7. The summed E-state index contributed by atoms with van der Waals surface area (Å²) < 4.78 is 17.0. The number of aliphatic carboxylic acids is 1. The number of unbranched alkanes of at least 4 members (excludes halogenated alkanes) is 5. The molecule has 0 bridgehead atoms. The number of carbonyl (C=O) groups is 3. The largest absolute Gasteiger partial charge is 0.544 e. The van der Waals surface area contributed by atoms with Gasteiger partial charge in [-0.05, 0) is 83.5 Å². The molecule has 0 aromatic carbocycles. The Hall–Kier alpha value is -4.27. The van der Waals surface area contributed by atoms with Gasteiger partial charge in [0.2, 0.25) is 0 Å². The number of ether oxygens (including phenoxy) is 3. The molecule has 2 unspecified atom stereocenters. The van der Waals surface area contributed by atoms with Crippen molar-refractivity contribution in [3.05, 3.63) is 122 Å². The van der Waals surface area contributed by atoms with Gasteiger partial charge in [-0.25, -0.2) is 0 Å². The van der Waals surface area contributed by atoms with Crippen molar-refractivity contribution < 1.29 is 38.2 Å². The first-order valence-corrected chi connectivity index (χ1v) is 21.6. The zero-order valence-electron chi connectivity index (χ0n) is 36.6. The molecule has 0 aromatic rings. The monoisotopic (exact) mass is 804 g/mol. The van der Waals surface area contributed by atoms with Crippen LogP contribution in [0.4, 0.5) is 0 Å². The van der Waals surface area contributed by atoms with Gasteiger partial charge in [0.05, 0.1) is 40.3 Å². The van der Waals surface area contributed by atoms with Crippen molar-refractivity contribution in [3.8, 4) is 0 Å². The van der Waals surface area contributed by atoms with E-state index in [0.717, 1.165) is 77.0 Å². The number of carboxylic acids is 1. The van der Waals surface area contributed by atoms with Crippen molar-refractivity contribution in [2.75, 3.05) is 41.0 Å². The number of esters is 2. The van der Waals surface area contributed by atoms with Gasteiger partial charge in [-0.2, -0.15) is 0 Å². The highest BCUT2D eigenvalue weighted by Gasteiger charge is 2.25. The normalized spacial score (nSPS) is 14.2. The lowest BCUT2D eigenvalue weighted by Gasteiger charge is -2.34. The van der Waals surface area contributed by atoms with Crippen LogP contribution in [0.25, 0.3) is 0 Å². The molecule has 0 rings (SSSR count). The predicted molar refractivity (Wildman–Crippen MR) is 240 cm³/mol. The number of likely N-dealkylation sites (N-methyl/N-ethyl adjacent to an activating group) is 1. The highest BCUT2D eigenvalue weighted by atomic mass is 16.6. The van der Waals surface area contributed by atoms with Gasteiger partial charge in [-0.3, -0.25) is 9.59 Å². The second-order valence-electron chi connectivity index (χ2n) is 14.9. The first kappa shape index (κ1) is 53.7. The SMILES string of the molecule is CC/C=C/C=C/C=C/C=C/CCCCCC(=O)OC(COCCC(C(=O)[O-])[N+](C)(C)C)COC(=O)CCCC/C=C/C/C=C/C/C=C/C/C=C/C/C=C/C/C=C/CC. The number of carboxylic acid groups (broad SMARTS) is 1. The van der Waals surface area contributed by atoms with E-state index in [4.69, 9.17) is 14.2 Å². The van der Waals surface area contributed by atoms with E-state index in [-0.39, 0.29) is 55.5 Å². The summed E-state index contributed by atoms with van der Waals surface area (Å²) in [5, 5.41) is 11.6. The predicted octanol–water partition coefficient (Wildman–Crippen LogP) is 10.5. The molecular weight excluding hydrogens is 727 g/mol. The lowest BCUT2D eigenvalue weighted by atomic mass is 10.1. The molecule has 0 saturated heterocycles. The Morgan fingerprint density at radius 3 is 1.55 bits per heavy atom. The van der Waals surface area contributed by atoms with E-state index in [1.165, 1.54) is 0 Å². The molecule has 0 aromatic heterocycles. The number of nitrogens with zero attached hydrogens (tertiary/aromatic N) is 1. The lowest BCUT2D eigenvalue weighted by molar-refractivity contribution is -0.889. The standard InChI is InChI=1S/C50H77NO7/c1-6-8-10-12-14-16-18-20-21-22-23-24-25-26-27-29-30-32-34-36-38-40-48(52)57-45-46(44-56-43-42-47(50(54)55)51(3,4)5)58-49(53)41-39-37-35-33-31-28-19-17-15-13-11-9-7-2/h8-11,13-17,19-21,23-24,26-28,30-32,46-47H,6-7,12,18,22,25,29,33-45H2,1-5H3/b10-8+,11-9+,15-13+,16-14+,19-17+,21-20+,24-23+,27-26+,31-28+,32-30+. The molecule has 0 fully saturated rings. The molecule has 0 aliphatic heterocycles. The van der Waals surface area contributed by atoms with Gasteiger partial charge >= 0.3 is 11.9 Å². The Kier molecular flexibility index (Phi) is 36.6. The van der Waals surface area contributed by atoms with Crippen LogP contribution in [0.15, 0.2) is 122 Å². The van der Waals surface area contributed by atoms with E-state index < -0.39 is 18.1 Å². The molecule has 324 valence electrons. The third-order valence-electron chi connectivity index (χ3n) is 8.69. The number of hydrogen-bond donors (Lipinski definition) is 0. The van der Waals surface area contributed by atoms with Crippen molar-refractivity contribution in [1.29, 1.82) is 0 Å². The fourth-order valence-electron chi connectivity index (χ4n) is 5.38. The molecule has 0 saturated carbocycles. The Morgan fingerprint density at radius 1 is 0.534 bits per heavy atom. The summed E-state index contributed by atoms with van der Waals surface area (Å²) in [5.41, 5.74) is 0. The maximum Gasteiger partial charge on any atom is 0.306 e. The lowest BCUT2D eigenvalue weighted by Crippen LogP contribution is -2.55. The van der Waals surface area contributed by atoms with Crippen molar-refractivity contribution >= 4 is 17.9 Å². The minimum Gasteiger partial charge on any atom is -0.544 e. The minimum absolute atomic E-state index is 0.000998. The summed E-state index contributed by atoms with van der Waals surface area (Å²) in [7, 11) is 5.36. The number of quaternary nitrogens is 1. The number of hydrogen-bond acceptors (Lipinski definition) is 7. The average molecular weight is 804 g/mol. The van der Waals surface area contributed by atoms with Crippen molar-refractivity contribution in [1.82, 2.24) is 0 Å². The van der Waals surface area contributed by atoms with Crippen LogP contribution in [0.2, 0.25) is 0 Å². The van der Waals surface area contributed by atoms with Crippen molar-refractivity contribution in [2.24, 2.45) is 0 Å². The Labute approximate surface area is 352 Å². The van der Waals surface area contributed by atoms with Gasteiger partial charge < -0.3 is 28.6 Å². The van der Waals surface area contributed by atoms with Crippen LogP contribution >= 0.6 is 0 Å². The number of carbonyl (C=O) groups excluding carboxylic acids is 3. The van der Waals surface area contributed by atoms with E-state index in [0.29, 0.717) is 12.8 Å². The number of rotatable bonds is 36. The van der Waals surface area contributed by atoms with E-state index in [2.05, 4.69) is 98.9 Å². The Balaban J connectivity index is 4.50. The molecule has 8 heteroatoms. The summed E-state index contributed by atoms with van der Waals surface area (Å²) in [6.07, 6.45) is 55.2. The van der Waals surface area contributed by atoms with Gasteiger partial charge in [-0.1, -0.05) is 142 Å². The molecule has 0 N–H and O–H groups in total. The molecule has 0 aliphatic carbocycles. The second kappa shape index (κ2) is 39.6. The summed E-state index contributed by atoms with van der Waals surface area (Å²) in [5.74, 6) is -1.87. The van der Waals surface area contributed by atoms with Crippen molar-refractivity contribution in [3.63, 3.8) is 0 Å². The first-order valence-electron chi connectivity index (χ1n) is 21.6. The van der Waals surface area contributed by atoms with Crippen LogP contribution in [0, 0.1) is 0 Å². The van der Waals surface area contributed by atoms with Gasteiger partial charge in [0, 0.05) is 19.3 Å². The van der Waals surface area contributed by atoms with Gasteiger partial charge in [0.1, 0.15) is 12.6 Å². The fourth-order valence-corrected chi connectivity index (χ4v) is 5.38. The zero-order chi connectivity index (χ0) is 42.8. The Morgan fingerprint density at radius 2 is 1.00 bits per heavy atom. The molecule has 0 aliphatic rings. The minimum atomic E-state index is -1.15. The Bertz CT molecular complexity index is 1350. The smallest absolute Gasteiger partial charge is 0.306 e.